The van der Waals surface area contributed by atoms with E-state index < -0.39 is 5.60 Å². The van der Waals surface area contributed by atoms with Gasteiger partial charge in [-0.25, -0.2) is 9.86 Å². The van der Waals surface area contributed by atoms with Crippen molar-refractivity contribution in [3.05, 3.63) is 41.0 Å². The quantitative estimate of drug-likeness (QED) is 0.755. The molecular weight excluding hydrogens is 344 g/mol. The maximum absolute atomic E-state index is 12.1. The van der Waals surface area contributed by atoms with Crippen LogP contribution in [0.3, 0.4) is 0 Å². The van der Waals surface area contributed by atoms with Crippen LogP contribution in [0.4, 0.5) is 4.79 Å². The van der Waals surface area contributed by atoms with Crippen molar-refractivity contribution in [1.82, 2.24) is 9.96 Å². The molecule has 1 fully saturated rings. The van der Waals surface area contributed by atoms with Gasteiger partial charge < -0.3 is 9.64 Å². The van der Waals surface area contributed by atoms with E-state index in [4.69, 9.17) is 9.57 Å². The minimum absolute atomic E-state index is 0.0851. The SMILES string of the molecule is CON(C)C(=O)Cc1ccc(C=C2CCN(C(=O)OC(C)(C)C)CC2)cc1. The second-order valence-electron chi connectivity index (χ2n) is 7.76. The van der Waals surface area contributed by atoms with Gasteiger partial charge in [0.05, 0.1) is 13.5 Å². The summed E-state index contributed by atoms with van der Waals surface area (Å²) in [7, 11) is 3.08. The molecule has 2 rings (SSSR count). The van der Waals surface area contributed by atoms with Crippen LogP contribution >= 0.6 is 0 Å². The van der Waals surface area contributed by atoms with E-state index in [2.05, 4.69) is 6.08 Å². The number of hydrogen-bond acceptors (Lipinski definition) is 4. The molecule has 1 heterocycles. The number of carbonyl (C=O) groups is 2. The van der Waals surface area contributed by atoms with Crippen molar-refractivity contribution in [3.8, 4) is 0 Å². The number of nitrogens with zero attached hydrogens (tertiary/aromatic N) is 2. The fourth-order valence-corrected chi connectivity index (χ4v) is 2.80. The first-order valence-corrected chi connectivity index (χ1v) is 9.25. The first-order valence-electron chi connectivity index (χ1n) is 9.25. The Hall–Kier alpha value is -2.34. The second-order valence-corrected chi connectivity index (χ2v) is 7.76. The Morgan fingerprint density at radius 1 is 1.15 bits per heavy atom. The first-order chi connectivity index (χ1) is 12.7. The van der Waals surface area contributed by atoms with E-state index in [9.17, 15) is 9.59 Å². The van der Waals surface area contributed by atoms with Crippen molar-refractivity contribution >= 4 is 18.1 Å². The third-order valence-corrected chi connectivity index (χ3v) is 4.39. The van der Waals surface area contributed by atoms with E-state index in [0.29, 0.717) is 19.5 Å². The normalized spacial score (nSPS) is 14.7. The van der Waals surface area contributed by atoms with E-state index in [0.717, 1.165) is 24.0 Å². The highest BCUT2D eigenvalue weighted by molar-refractivity contribution is 5.77. The van der Waals surface area contributed by atoms with Crippen LogP contribution in [0.5, 0.6) is 0 Å². The number of hydrogen-bond donors (Lipinski definition) is 0. The molecule has 2 amide bonds. The lowest BCUT2D eigenvalue weighted by Gasteiger charge is -2.31. The molecule has 1 aromatic rings. The van der Waals surface area contributed by atoms with Gasteiger partial charge in [-0.15, -0.1) is 0 Å². The zero-order chi connectivity index (χ0) is 20.0. The monoisotopic (exact) mass is 374 g/mol. The first kappa shape index (κ1) is 21.0. The van der Waals surface area contributed by atoms with Crippen LogP contribution in [-0.4, -0.2) is 54.8 Å². The van der Waals surface area contributed by atoms with Crippen molar-refractivity contribution in [3.63, 3.8) is 0 Å². The summed E-state index contributed by atoms with van der Waals surface area (Å²) in [6, 6.07) is 7.96. The topological polar surface area (TPSA) is 59.1 Å². The molecule has 0 bridgehead atoms. The fourth-order valence-electron chi connectivity index (χ4n) is 2.80. The summed E-state index contributed by atoms with van der Waals surface area (Å²) in [6.45, 7) is 6.99. The van der Waals surface area contributed by atoms with Crippen LogP contribution < -0.4 is 0 Å². The molecule has 0 aromatic heterocycles. The zero-order valence-electron chi connectivity index (χ0n) is 16.9. The third kappa shape index (κ3) is 6.71. The Balaban J connectivity index is 1.89. The summed E-state index contributed by atoms with van der Waals surface area (Å²) >= 11 is 0. The van der Waals surface area contributed by atoms with Crippen LogP contribution in [0.25, 0.3) is 6.08 Å². The third-order valence-electron chi connectivity index (χ3n) is 4.39. The molecule has 1 aliphatic rings. The van der Waals surface area contributed by atoms with Gasteiger partial charge in [0.15, 0.2) is 0 Å². The summed E-state index contributed by atoms with van der Waals surface area (Å²) in [4.78, 5) is 30.6. The average Bonchev–Trinajstić information content (AvgIpc) is 2.61. The number of rotatable bonds is 4. The lowest BCUT2D eigenvalue weighted by atomic mass is 10.00. The summed E-state index contributed by atoms with van der Waals surface area (Å²) < 4.78 is 5.43. The van der Waals surface area contributed by atoms with Gasteiger partial charge in [-0.3, -0.25) is 9.63 Å². The van der Waals surface area contributed by atoms with Crippen LogP contribution in [0.2, 0.25) is 0 Å². The van der Waals surface area contributed by atoms with Crippen molar-refractivity contribution in [2.45, 2.75) is 45.6 Å². The van der Waals surface area contributed by atoms with Crippen LogP contribution in [-0.2, 0) is 20.8 Å². The lowest BCUT2D eigenvalue weighted by molar-refractivity contribution is -0.167. The van der Waals surface area contributed by atoms with Gasteiger partial charge in [0.2, 0.25) is 5.91 Å². The van der Waals surface area contributed by atoms with Gasteiger partial charge in [0, 0.05) is 20.1 Å². The Labute approximate surface area is 161 Å². The molecule has 1 aliphatic heterocycles. The highest BCUT2D eigenvalue weighted by Gasteiger charge is 2.24. The Morgan fingerprint density at radius 3 is 2.26 bits per heavy atom. The van der Waals surface area contributed by atoms with Crippen LogP contribution in [0.15, 0.2) is 29.8 Å². The molecule has 0 atom stereocenters. The summed E-state index contributed by atoms with van der Waals surface area (Å²) in [6.07, 6.45) is 3.93. The Morgan fingerprint density at radius 2 is 1.74 bits per heavy atom. The maximum atomic E-state index is 12.1. The van der Waals surface area contributed by atoms with Crippen LogP contribution in [0.1, 0.15) is 44.7 Å². The molecule has 6 heteroatoms. The Bertz CT molecular complexity index is 679. The molecule has 0 unspecified atom stereocenters. The summed E-state index contributed by atoms with van der Waals surface area (Å²) in [5.74, 6) is -0.0851. The number of amides is 2. The smallest absolute Gasteiger partial charge is 0.410 e. The van der Waals surface area contributed by atoms with Gasteiger partial charge in [-0.05, 0) is 44.7 Å². The molecule has 0 radical (unpaired) electrons. The average molecular weight is 374 g/mol. The number of piperidine rings is 1. The van der Waals surface area contributed by atoms with Crippen molar-refractivity contribution in [1.29, 1.82) is 0 Å². The number of ether oxygens (including phenoxy) is 1. The van der Waals surface area contributed by atoms with E-state index in [1.165, 1.54) is 17.7 Å². The molecule has 0 aliphatic carbocycles. The summed E-state index contributed by atoms with van der Waals surface area (Å²) in [5, 5.41) is 1.23. The van der Waals surface area contributed by atoms with E-state index >= 15 is 0 Å². The highest BCUT2D eigenvalue weighted by atomic mass is 16.7. The molecule has 0 N–H and O–H groups in total. The van der Waals surface area contributed by atoms with Gasteiger partial charge in [0.25, 0.3) is 0 Å². The van der Waals surface area contributed by atoms with Crippen LogP contribution in [0, 0.1) is 0 Å². The van der Waals surface area contributed by atoms with E-state index in [-0.39, 0.29) is 12.0 Å². The number of likely N-dealkylation sites (N-methyl/N-ethyl adjacent to an activating group) is 1. The predicted octanol–water partition coefficient (Wildman–Crippen LogP) is 3.66. The summed E-state index contributed by atoms with van der Waals surface area (Å²) in [5.41, 5.74) is 2.91. The van der Waals surface area contributed by atoms with Gasteiger partial charge in [-0.1, -0.05) is 35.9 Å². The molecule has 6 nitrogen and oxygen atoms in total. The van der Waals surface area contributed by atoms with Gasteiger partial charge in [0.1, 0.15) is 5.60 Å². The molecule has 0 spiro atoms. The second kappa shape index (κ2) is 9.04. The number of benzene rings is 1. The zero-order valence-corrected chi connectivity index (χ0v) is 16.9. The van der Waals surface area contributed by atoms with Crippen molar-refractivity contribution in [2.75, 3.05) is 27.2 Å². The standard InChI is InChI=1S/C21H30N2O4/c1-21(2,3)27-20(25)23-12-10-18(11-13-23)14-16-6-8-17(9-7-16)15-19(24)22(4)26-5/h6-9,14H,10-13,15H2,1-5H3. The van der Waals surface area contributed by atoms with E-state index in [1.54, 1.807) is 11.9 Å². The molecule has 0 saturated carbocycles. The Kier molecular flexibility index (Phi) is 7.02. The molecular formula is C21H30N2O4. The van der Waals surface area contributed by atoms with Gasteiger partial charge >= 0.3 is 6.09 Å². The predicted molar refractivity (Wildman–Crippen MR) is 105 cm³/mol. The largest absolute Gasteiger partial charge is 0.444 e. The highest BCUT2D eigenvalue weighted by Crippen LogP contribution is 2.21. The van der Waals surface area contributed by atoms with Crippen molar-refractivity contribution in [2.24, 2.45) is 0 Å². The number of likely N-dealkylation sites (tertiary alicyclic amines) is 1. The molecule has 148 valence electrons. The van der Waals surface area contributed by atoms with Crippen molar-refractivity contribution < 1.29 is 19.2 Å². The lowest BCUT2D eigenvalue weighted by Crippen LogP contribution is -2.40. The molecule has 27 heavy (non-hydrogen) atoms. The minimum Gasteiger partial charge on any atom is -0.444 e. The van der Waals surface area contributed by atoms with E-state index in [1.807, 2.05) is 45.0 Å². The fraction of sp³-hybridized carbons (Fsp3) is 0.524. The molecule has 1 aromatic carbocycles. The molecule has 1 saturated heterocycles. The maximum Gasteiger partial charge on any atom is 0.410 e. The number of carbonyl (C=O) groups excluding carboxylic acids is 2. The minimum atomic E-state index is -0.464. The van der Waals surface area contributed by atoms with Gasteiger partial charge in [-0.2, -0.15) is 0 Å². The number of hydroxylamine groups is 2.